The number of fused-ring (bicyclic) bond motifs is 1. The molecule has 6 heteroatoms. The molecular formula is C25H35N3O3. The second kappa shape index (κ2) is 10.6. The fraction of sp³-hybridized carbons (Fsp3) is 0.560. The number of rotatable bonds is 10. The average Bonchev–Trinajstić information content (AvgIpc) is 3.02. The summed E-state index contributed by atoms with van der Waals surface area (Å²) >= 11 is 0. The van der Waals surface area contributed by atoms with Gasteiger partial charge in [-0.25, -0.2) is 0 Å². The van der Waals surface area contributed by atoms with E-state index in [1.54, 1.807) is 0 Å². The Morgan fingerprint density at radius 1 is 1.06 bits per heavy atom. The lowest BCUT2D eigenvalue weighted by Gasteiger charge is -2.27. The molecule has 1 aliphatic heterocycles. The van der Waals surface area contributed by atoms with Gasteiger partial charge in [-0.3, -0.25) is 19.3 Å². The van der Waals surface area contributed by atoms with E-state index in [1.807, 2.05) is 44.2 Å². The number of hydrogen-bond donors (Lipinski definition) is 1. The van der Waals surface area contributed by atoms with Crippen LogP contribution in [0.2, 0.25) is 0 Å². The van der Waals surface area contributed by atoms with Gasteiger partial charge in [0.25, 0.3) is 0 Å². The lowest BCUT2D eigenvalue weighted by Crippen LogP contribution is -2.50. The third kappa shape index (κ3) is 5.54. The SMILES string of the molecule is CC(C)CC(C(=O)NCCCCN(C)c1ccccc1)N1C(=O)C2CC=CCC2C1=O. The maximum atomic E-state index is 13.0. The van der Waals surface area contributed by atoms with Crippen LogP contribution in [0.1, 0.15) is 46.0 Å². The van der Waals surface area contributed by atoms with E-state index in [2.05, 4.69) is 29.4 Å². The summed E-state index contributed by atoms with van der Waals surface area (Å²) < 4.78 is 0. The van der Waals surface area contributed by atoms with E-state index < -0.39 is 6.04 Å². The summed E-state index contributed by atoms with van der Waals surface area (Å²) in [5, 5.41) is 2.98. The van der Waals surface area contributed by atoms with Crippen molar-refractivity contribution in [3.63, 3.8) is 0 Å². The highest BCUT2D eigenvalue weighted by atomic mass is 16.2. The Labute approximate surface area is 185 Å². The van der Waals surface area contributed by atoms with Gasteiger partial charge in [-0.2, -0.15) is 0 Å². The van der Waals surface area contributed by atoms with Crippen molar-refractivity contribution in [2.75, 3.05) is 25.0 Å². The number of likely N-dealkylation sites (tertiary alicyclic amines) is 1. The van der Waals surface area contributed by atoms with E-state index in [0.717, 1.165) is 19.4 Å². The summed E-state index contributed by atoms with van der Waals surface area (Å²) in [7, 11) is 2.06. The molecule has 1 heterocycles. The van der Waals surface area contributed by atoms with Gasteiger partial charge in [-0.15, -0.1) is 0 Å². The van der Waals surface area contributed by atoms with Crippen molar-refractivity contribution >= 4 is 23.4 Å². The molecule has 3 rings (SSSR count). The molecule has 1 fully saturated rings. The number of anilines is 1. The molecule has 0 aromatic heterocycles. The highest BCUT2D eigenvalue weighted by molar-refractivity contribution is 6.08. The molecule has 3 unspecified atom stereocenters. The first-order chi connectivity index (χ1) is 14.9. The molecule has 1 N–H and O–H groups in total. The third-order valence-corrected chi connectivity index (χ3v) is 6.27. The lowest BCUT2D eigenvalue weighted by molar-refractivity contribution is -0.148. The Balaban J connectivity index is 1.52. The summed E-state index contributed by atoms with van der Waals surface area (Å²) in [6, 6.07) is 9.49. The highest BCUT2D eigenvalue weighted by Gasteiger charge is 2.51. The maximum Gasteiger partial charge on any atom is 0.243 e. The Morgan fingerprint density at radius 2 is 1.68 bits per heavy atom. The normalized spacial score (nSPS) is 21.4. The van der Waals surface area contributed by atoms with Crippen LogP contribution in [0.15, 0.2) is 42.5 Å². The number of hydrogen-bond acceptors (Lipinski definition) is 4. The van der Waals surface area contributed by atoms with E-state index in [1.165, 1.54) is 10.6 Å². The minimum absolute atomic E-state index is 0.176. The highest BCUT2D eigenvalue weighted by Crippen LogP contribution is 2.37. The molecule has 31 heavy (non-hydrogen) atoms. The quantitative estimate of drug-likeness (QED) is 0.354. The third-order valence-electron chi connectivity index (χ3n) is 6.27. The number of para-hydroxylation sites is 1. The Morgan fingerprint density at radius 3 is 2.26 bits per heavy atom. The molecule has 6 nitrogen and oxygen atoms in total. The number of amides is 3. The number of imide groups is 1. The van der Waals surface area contributed by atoms with Crippen LogP contribution in [-0.4, -0.2) is 48.8 Å². The van der Waals surface area contributed by atoms with Crippen molar-refractivity contribution in [1.29, 1.82) is 0 Å². The van der Waals surface area contributed by atoms with Crippen LogP contribution in [-0.2, 0) is 14.4 Å². The molecule has 0 saturated carbocycles. The van der Waals surface area contributed by atoms with Gasteiger partial charge in [-0.05, 0) is 50.2 Å². The fourth-order valence-corrected chi connectivity index (χ4v) is 4.52. The number of nitrogens with zero attached hydrogens (tertiary/aromatic N) is 2. The zero-order valence-electron chi connectivity index (χ0n) is 18.9. The van der Waals surface area contributed by atoms with Gasteiger partial charge in [0.05, 0.1) is 11.8 Å². The zero-order valence-corrected chi connectivity index (χ0v) is 18.9. The fourth-order valence-electron chi connectivity index (χ4n) is 4.52. The topological polar surface area (TPSA) is 69.7 Å². The smallest absolute Gasteiger partial charge is 0.243 e. The van der Waals surface area contributed by atoms with E-state index in [-0.39, 0.29) is 35.5 Å². The van der Waals surface area contributed by atoms with Crippen LogP contribution in [0.25, 0.3) is 0 Å². The molecule has 1 aromatic carbocycles. The summed E-state index contributed by atoms with van der Waals surface area (Å²) in [5.74, 6) is -0.953. The molecule has 1 aromatic rings. The van der Waals surface area contributed by atoms with Gasteiger partial charge in [0.15, 0.2) is 0 Å². The molecule has 0 spiro atoms. The maximum absolute atomic E-state index is 13.0. The zero-order chi connectivity index (χ0) is 22.4. The lowest BCUT2D eigenvalue weighted by atomic mass is 9.85. The molecule has 1 saturated heterocycles. The van der Waals surface area contributed by atoms with Gasteiger partial charge in [-0.1, -0.05) is 44.2 Å². The van der Waals surface area contributed by atoms with Crippen LogP contribution >= 0.6 is 0 Å². The van der Waals surface area contributed by atoms with E-state index >= 15 is 0 Å². The summed E-state index contributed by atoms with van der Waals surface area (Å²) in [6.07, 6.45) is 7.41. The van der Waals surface area contributed by atoms with E-state index in [0.29, 0.717) is 25.8 Å². The van der Waals surface area contributed by atoms with Crippen molar-refractivity contribution in [3.8, 4) is 0 Å². The van der Waals surface area contributed by atoms with Crippen LogP contribution in [0.4, 0.5) is 5.69 Å². The Bertz CT molecular complexity index is 779. The molecule has 3 atom stereocenters. The number of unbranched alkanes of at least 4 members (excludes halogenated alkanes) is 1. The second-order valence-corrected chi connectivity index (χ2v) is 9.10. The average molecular weight is 426 g/mol. The minimum atomic E-state index is -0.711. The standard InChI is InChI=1S/C25H35N3O3/c1-18(2)17-22(28-24(30)20-13-7-8-14-21(20)25(28)31)23(29)26-15-9-10-16-27(3)19-11-5-4-6-12-19/h4-8,11-12,18,20-22H,9-10,13-17H2,1-3H3,(H,26,29). The van der Waals surface area contributed by atoms with E-state index in [9.17, 15) is 14.4 Å². The van der Waals surface area contributed by atoms with Crippen molar-refractivity contribution in [2.24, 2.45) is 17.8 Å². The number of carbonyl (C=O) groups is 3. The monoisotopic (exact) mass is 425 g/mol. The Hall–Kier alpha value is -2.63. The van der Waals surface area contributed by atoms with Gasteiger partial charge >= 0.3 is 0 Å². The Kier molecular flexibility index (Phi) is 7.88. The number of benzene rings is 1. The number of carbonyl (C=O) groups excluding carboxylic acids is 3. The molecule has 0 radical (unpaired) electrons. The van der Waals surface area contributed by atoms with Crippen molar-refractivity contribution in [1.82, 2.24) is 10.2 Å². The van der Waals surface area contributed by atoms with Gasteiger partial charge in [0.2, 0.25) is 17.7 Å². The molecular weight excluding hydrogens is 390 g/mol. The van der Waals surface area contributed by atoms with Crippen LogP contribution in [0.5, 0.6) is 0 Å². The number of allylic oxidation sites excluding steroid dienone is 2. The summed E-state index contributed by atoms with van der Waals surface area (Å²) in [6.45, 7) is 5.47. The van der Waals surface area contributed by atoms with Crippen LogP contribution in [0.3, 0.4) is 0 Å². The molecule has 2 aliphatic rings. The van der Waals surface area contributed by atoms with Gasteiger partial charge < -0.3 is 10.2 Å². The molecule has 0 bridgehead atoms. The van der Waals surface area contributed by atoms with E-state index in [4.69, 9.17) is 0 Å². The predicted octanol–water partition coefficient (Wildman–Crippen LogP) is 3.39. The second-order valence-electron chi connectivity index (χ2n) is 9.10. The molecule has 1 aliphatic carbocycles. The van der Waals surface area contributed by atoms with Crippen LogP contribution < -0.4 is 10.2 Å². The predicted molar refractivity (Wildman–Crippen MR) is 122 cm³/mol. The first-order valence-electron chi connectivity index (χ1n) is 11.5. The summed E-state index contributed by atoms with van der Waals surface area (Å²) in [4.78, 5) is 42.4. The molecule has 168 valence electrons. The van der Waals surface area contributed by atoms with Crippen molar-refractivity contribution in [3.05, 3.63) is 42.5 Å². The van der Waals surface area contributed by atoms with Crippen molar-refractivity contribution in [2.45, 2.75) is 52.0 Å². The van der Waals surface area contributed by atoms with Crippen molar-refractivity contribution < 1.29 is 14.4 Å². The molecule has 3 amide bonds. The van der Waals surface area contributed by atoms with Gasteiger partial charge in [0.1, 0.15) is 6.04 Å². The minimum Gasteiger partial charge on any atom is -0.375 e. The van der Waals surface area contributed by atoms with Crippen LogP contribution in [0, 0.1) is 17.8 Å². The van der Waals surface area contributed by atoms with Gasteiger partial charge in [0, 0.05) is 25.8 Å². The number of nitrogens with one attached hydrogen (secondary N) is 1. The first kappa shape index (κ1) is 23.0. The first-order valence-corrected chi connectivity index (χ1v) is 11.5. The summed E-state index contributed by atoms with van der Waals surface area (Å²) in [5.41, 5.74) is 1.17. The largest absolute Gasteiger partial charge is 0.375 e.